The minimum Gasteiger partial charge on any atom is -0.481 e. The van der Waals surface area contributed by atoms with E-state index in [9.17, 15) is 9.59 Å². The summed E-state index contributed by atoms with van der Waals surface area (Å²) in [6.45, 7) is -0.461. The van der Waals surface area contributed by atoms with Gasteiger partial charge in [-0.2, -0.15) is 0 Å². The Balaban J connectivity index is 2.24. The molecule has 0 atom stereocenters. The van der Waals surface area contributed by atoms with Gasteiger partial charge >= 0.3 is 5.97 Å². The first-order valence-electron chi connectivity index (χ1n) is 7.34. The van der Waals surface area contributed by atoms with E-state index in [0.717, 1.165) is 0 Å². The number of nitrogens with zero attached hydrogens (tertiary/aromatic N) is 1. The summed E-state index contributed by atoms with van der Waals surface area (Å²) in [5.41, 5.74) is 1.77. The fraction of sp³-hybridized carbons (Fsp3) is 0.158. The Bertz CT molecular complexity index is 848. The zero-order chi connectivity index (χ0) is 18.4. The smallest absolute Gasteiger partial charge is 0.341 e. The Morgan fingerprint density at radius 2 is 1.80 bits per heavy atom. The lowest BCUT2D eigenvalue weighted by molar-refractivity contribution is -0.139. The standard InChI is InChI=1S/C19H16ClNO4/c1-21(2)19(24)14-6-3-13(4-7-14)5-8-15-11-16(20)9-10-17(15)25-12-18(22)23/h3-4,6-7,9-11H,12H2,1-2H3,(H,22,23). The molecular weight excluding hydrogens is 342 g/mol. The minimum absolute atomic E-state index is 0.0845. The van der Waals surface area contributed by atoms with Crippen LogP contribution in [0.1, 0.15) is 21.5 Å². The molecule has 0 fully saturated rings. The van der Waals surface area contributed by atoms with Crippen molar-refractivity contribution in [3.63, 3.8) is 0 Å². The first-order valence-corrected chi connectivity index (χ1v) is 7.72. The molecule has 0 saturated heterocycles. The van der Waals surface area contributed by atoms with E-state index in [-0.39, 0.29) is 5.91 Å². The zero-order valence-corrected chi connectivity index (χ0v) is 14.5. The lowest BCUT2D eigenvalue weighted by Crippen LogP contribution is -2.21. The van der Waals surface area contributed by atoms with Crippen LogP contribution in [0.25, 0.3) is 0 Å². The van der Waals surface area contributed by atoms with E-state index in [1.807, 2.05) is 0 Å². The molecule has 0 aliphatic heterocycles. The number of benzene rings is 2. The summed E-state index contributed by atoms with van der Waals surface area (Å²) in [6.07, 6.45) is 0. The third-order valence-corrected chi connectivity index (χ3v) is 3.41. The van der Waals surface area contributed by atoms with Gasteiger partial charge in [0.15, 0.2) is 6.61 Å². The molecule has 0 heterocycles. The number of carbonyl (C=O) groups excluding carboxylic acids is 1. The molecule has 1 amide bonds. The van der Waals surface area contributed by atoms with Crippen LogP contribution in [-0.2, 0) is 4.79 Å². The molecule has 25 heavy (non-hydrogen) atoms. The monoisotopic (exact) mass is 357 g/mol. The summed E-state index contributed by atoms with van der Waals surface area (Å²) in [7, 11) is 3.38. The fourth-order valence-corrected chi connectivity index (χ4v) is 2.13. The first kappa shape index (κ1) is 18.4. The molecule has 0 aliphatic rings. The third kappa shape index (κ3) is 5.27. The van der Waals surface area contributed by atoms with E-state index in [4.69, 9.17) is 21.4 Å². The van der Waals surface area contributed by atoms with Crippen LogP contribution in [0.3, 0.4) is 0 Å². The molecule has 1 N–H and O–H groups in total. The van der Waals surface area contributed by atoms with E-state index < -0.39 is 12.6 Å². The number of aliphatic carboxylic acids is 1. The molecule has 0 radical (unpaired) electrons. The van der Waals surface area contributed by atoms with Crippen LogP contribution in [0.2, 0.25) is 5.02 Å². The summed E-state index contributed by atoms with van der Waals surface area (Å²) in [5, 5.41) is 9.19. The normalized spacial score (nSPS) is 9.72. The highest BCUT2D eigenvalue weighted by molar-refractivity contribution is 6.30. The van der Waals surface area contributed by atoms with Gasteiger partial charge in [0.05, 0.1) is 5.56 Å². The van der Waals surface area contributed by atoms with Crippen LogP contribution in [0.5, 0.6) is 5.75 Å². The van der Waals surface area contributed by atoms with Crippen molar-refractivity contribution in [2.45, 2.75) is 0 Å². The topological polar surface area (TPSA) is 66.8 Å². The Morgan fingerprint density at radius 3 is 2.40 bits per heavy atom. The van der Waals surface area contributed by atoms with E-state index in [1.165, 1.54) is 4.90 Å². The lowest BCUT2D eigenvalue weighted by Gasteiger charge is -2.09. The van der Waals surface area contributed by atoms with Crippen LogP contribution in [0, 0.1) is 11.8 Å². The van der Waals surface area contributed by atoms with Crippen molar-refractivity contribution >= 4 is 23.5 Å². The molecule has 0 saturated carbocycles. The average molecular weight is 358 g/mol. The zero-order valence-electron chi connectivity index (χ0n) is 13.7. The molecule has 2 rings (SSSR count). The molecule has 0 spiro atoms. The molecule has 0 aromatic heterocycles. The van der Waals surface area contributed by atoms with Crippen LogP contribution in [0.15, 0.2) is 42.5 Å². The first-order chi connectivity index (χ1) is 11.9. The van der Waals surface area contributed by atoms with E-state index in [1.54, 1.807) is 56.6 Å². The van der Waals surface area contributed by atoms with Crippen molar-refractivity contribution in [1.82, 2.24) is 4.90 Å². The van der Waals surface area contributed by atoms with Gasteiger partial charge in [-0.05, 0) is 42.5 Å². The number of hydrogen-bond donors (Lipinski definition) is 1. The molecule has 0 bridgehead atoms. The Morgan fingerprint density at radius 1 is 1.12 bits per heavy atom. The predicted molar refractivity (Wildman–Crippen MR) is 95.0 cm³/mol. The highest BCUT2D eigenvalue weighted by Gasteiger charge is 2.07. The highest BCUT2D eigenvalue weighted by Crippen LogP contribution is 2.22. The van der Waals surface area contributed by atoms with Crippen molar-refractivity contribution < 1.29 is 19.4 Å². The number of carboxylic acid groups (broad SMARTS) is 1. The van der Waals surface area contributed by atoms with Crippen molar-refractivity contribution in [2.75, 3.05) is 20.7 Å². The van der Waals surface area contributed by atoms with Gasteiger partial charge < -0.3 is 14.7 Å². The number of halogens is 1. The second-order valence-corrected chi connectivity index (χ2v) is 5.79. The number of ether oxygens (including phenoxy) is 1. The number of carbonyl (C=O) groups is 2. The van der Waals surface area contributed by atoms with E-state index >= 15 is 0 Å². The average Bonchev–Trinajstić information content (AvgIpc) is 2.58. The molecular formula is C19H16ClNO4. The van der Waals surface area contributed by atoms with Gasteiger partial charge in [-0.25, -0.2) is 4.79 Å². The number of hydrogen-bond acceptors (Lipinski definition) is 3. The number of rotatable bonds is 4. The van der Waals surface area contributed by atoms with Crippen molar-refractivity contribution in [1.29, 1.82) is 0 Å². The van der Waals surface area contributed by atoms with E-state index in [2.05, 4.69) is 11.8 Å². The lowest BCUT2D eigenvalue weighted by atomic mass is 10.1. The number of amides is 1. The quantitative estimate of drug-likeness (QED) is 0.854. The summed E-state index contributed by atoms with van der Waals surface area (Å²) in [4.78, 5) is 24.0. The summed E-state index contributed by atoms with van der Waals surface area (Å²) in [5.74, 6) is 5.06. The SMILES string of the molecule is CN(C)C(=O)c1ccc(C#Cc2cc(Cl)ccc2OCC(=O)O)cc1. The molecule has 2 aromatic rings. The van der Waals surface area contributed by atoms with Gasteiger partial charge in [0, 0.05) is 30.2 Å². The molecule has 2 aromatic carbocycles. The third-order valence-electron chi connectivity index (χ3n) is 3.17. The van der Waals surface area contributed by atoms with Crippen molar-refractivity contribution in [3.05, 3.63) is 64.2 Å². The molecule has 6 heteroatoms. The molecule has 5 nitrogen and oxygen atoms in total. The number of carboxylic acids is 1. The Kier molecular flexibility index (Phi) is 6.04. The van der Waals surface area contributed by atoms with Crippen LogP contribution >= 0.6 is 11.6 Å². The Labute approximate surface area is 150 Å². The highest BCUT2D eigenvalue weighted by atomic mass is 35.5. The minimum atomic E-state index is -1.07. The summed E-state index contributed by atoms with van der Waals surface area (Å²) >= 11 is 5.96. The second-order valence-electron chi connectivity index (χ2n) is 5.35. The van der Waals surface area contributed by atoms with Gasteiger partial charge in [0.2, 0.25) is 0 Å². The van der Waals surface area contributed by atoms with Crippen molar-refractivity contribution in [3.8, 4) is 17.6 Å². The van der Waals surface area contributed by atoms with Gasteiger partial charge in [0.1, 0.15) is 5.75 Å². The van der Waals surface area contributed by atoms with Crippen LogP contribution in [0.4, 0.5) is 0 Å². The molecule has 0 unspecified atom stereocenters. The summed E-state index contributed by atoms with van der Waals surface area (Å²) < 4.78 is 5.21. The summed E-state index contributed by atoms with van der Waals surface area (Å²) in [6, 6.07) is 11.7. The van der Waals surface area contributed by atoms with Crippen molar-refractivity contribution in [2.24, 2.45) is 0 Å². The largest absolute Gasteiger partial charge is 0.481 e. The van der Waals surface area contributed by atoms with Crippen LogP contribution in [-0.4, -0.2) is 42.6 Å². The van der Waals surface area contributed by atoms with E-state index in [0.29, 0.717) is 27.5 Å². The molecule has 128 valence electrons. The molecule has 0 aliphatic carbocycles. The van der Waals surface area contributed by atoms with Gasteiger partial charge in [-0.15, -0.1) is 0 Å². The second kappa shape index (κ2) is 8.22. The fourth-order valence-electron chi connectivity index (χ4n) is 1.96. The van der Waals surface area contributed by atoms with Gasteiger partial charge in [0.25, 0.3) is 5.91 Å². The predicted octanol–water partition coefficient (Wildman–Crippen LogP) is 2.91. The maximum atomic E-state index is 11.9. The van der Waals surface area contributed by atoms with Gasteiger partial charge in [-0.3, -0.25) is 4.79 Å². The Hall–Kier alpha value is -2.97. The van der Waals surface area contributed by atoms with Crippen LogP contribution < -0.4 is 4.74 Å². The van der Waals surface area contributed by atoms with Gasteiger partial charge in [-0.1, -0.05) is 23.4 Å². The maximum absolute atomic E-state index is 11.9. The maximum Gasteiger partial charge on any atom is 0.341 e.